The second-order valence-electron chi connectivity index (χ2n) is 1.65. The fraction of sp³-hybridized carbons (Fsp3) is 0.500. The van der Waals surface area contributed by atoms with Crippen molar-refractivity contribution in [1.82, 2.24) is 0 Å². The normalized spacial score (nSPS) is 32.3. The van der Waals surface area contributed by atoms with E-state index in [9.17, 15) is 17.6 Å². The van der Waals surface area contributed by atoms with Crippen LogP contribution in [0.3, 0.4) is 0 Å². The summed E-state index contributed by atoms with van der Waals surface area (Å²) in [6, 6.07) is 0. The van der Waals surface area contributed by atoms with Crippen molar-refractivity contribution in [1.29, 1.82) is 0 Å². The maximum absolute atomic E-state index is 11.8. The lowest BCUT2D eigenvalue weighted by Crippen LogP contribution is -2.40. The minimum atomic E-state index is -3.79. The molecular weight excluding hydrogens is 159 g/mol. The van der Waals surface area contributed by atoms with Gasteiger partial charge in [-0.1, -0.05) is 0 Å². The third-order valence-corrected chi connectivity index (χ3v) is 1.51. The zero-order valence-electron chi connectivity index (χ0n) is 3.97. The van der Waals surface area contributed by atoms with Crippen molar-refractivity contribution in [2.75, 3.05) is 0 Å². The summed E-state index contributed by atoms with van der Waals surface area (Å²) in [7, 11) is 0. The van der Waals surface area contributed by atoms with Crippen LogP contribution in [0, 0.1) is 0 Å². The Labute approximate surface area is 53.1 Å². The number of hydrogen-bond acceptors (Lipinski definition) is 0. The average Bonchev–Trinajstić information content (AvgIpc) is 1.84. The molecule has 0 heterocycles. The fourth-order valence-corrected chi connectivity index (χ4v) is 0.655. The molecule has 0 spiro atoms. The molecule has 0 amide bonds. The van der Waals surface area contributed by atoms with Crippen molar-refractivity contribution in [3.63, 3.8) is 0 Å². The summed E-state index contributed by atoms with van der Waals surface area (Å²) in [4.78, 5) is 0. The highest BCUT2D eigenvalue weighted by atomic mass is 35.5. The monoisotopic (exact) mass is 160 g/mol. The number of allylic oxidation sites excluding steroid dienone is 2. The van der Waals surface area contributed by atoms with Gasteiger partial charge in [0, 0.05) is 0 Å². The van der Waals surface area contributed by atoms with E-state index in [0.29, 0.717) is 0 Å². The molecule has 0 aliphatic heterocycles. The van der Waals surface area contributed by atoms with Crippen molar-refractivity contribution in [2.24, 2.45) is 0 Å². The highest BCUT2D eigenvalue weighted by Crippen LogP contribution is 2.48. The Balaban J connectivity index is 2.92. The quantitative estimate of drug-likeness (QED) is 0.377. The fourth-order valence-electron chi connectivity index (χ4n) is 0.463. The maximum Gasteiger partial charge on any atom is 0.323 e. The number of alkyl halides is 3. The molecule has 52 valence electrons. The minimum Gasteiger partial charge on any atom is -0.207 e. The SMILES string of the molecule is FC1=C(F)C(F)(F)C1Cl. The smallest absolute Gasteiger partial charge is 0.207 e. The first-order valence-electron chi connectivity index (χ1n) is 2.05. The maximum atomic E-state index is 11.8. The summed E-state index contributed by atoms with van der Waals surface area (Å²) < 4.78 is 46.8. The summed E-state index contributed by atoms with van der Waals surface area (Å²) in [5, 5.41) is -2.10. The van der Waals surface area contributed by atoms with E-state index in [1.807, 2.05) is 0 Å². The summed E-state index contributed by atoms with van der Waals surface area (Å²) in [5.41, 5.74) is 0. The van der Waals surface area contributed by atoms with E-state index in [2.05, 4.69) is 11.6 Å². The van der Waals surface area contributed by atoms with E-state index in [-0.39, 0.29) is 0 Å². The largest absolute Gasteiger partial charge is 0.323 e. The molecule has 0 fully saturated rings. The summed E-state index contributed by atoms with van der Waals surface area (Å²) in [6.45, 7) is 0. The van der Waals surface area contributed by atoms with Gasteiger partial charge in [0.15, 0.2) is 11.2 Å². The molecule has 1 rings (SSSR count). The molecule has 0 saturated heterocycles. The topological polar surface area (TPSA) is 0 Å². The van der Waals surface area contributed by atoms with Gasteiger partial charge in [0.2, 0.25) is 5.83 Å². The first-order chi connectivity index (χ1) is 3.98. The number of halogens is 5. The van der Waals surface area contributed by atoms with Gasteiger partial charge in [-0.3, -0.25) is 0 Å². The first-order valence-corrected chi connectivity index (χ1v) is 2.49. The molecule has 1 aliphatic carbocycles. The second kappa shape index (κ2) is 1.62. The van der Waals surface area contributed by atoms with Crippen LogP contribution in [0.25, 0.3) is 0 Å². The molecule has 1 unspecified atom stereocenters. The number of hydrogen-bond donors (Lipinski definition) is 0. The van der Waals surface area contributed by atoms with Gasteiger partial charge in [0.1, 0.15) is 0 Å². The molecule has 0 aromatic rings. The van der Waals surface area contributed by atoms with E-state index in [1.165, 1.54) is 0 Å². The summed E-state index contributed by atoms with van der Waals surface area (Å²) in [5.74, 6) is -7.38. The second-order valence-corrected chi connectivity index (χ2v) is 2.08. The Bertz CT molecular complexity index is 173. The molecular formula is C4HClF4. The Morgan fingerprint density at radius 2 is 1.78 bits per heavy atom. The third kappa shape index (κ3) is 0.657. The van der Waals surface area contributed by atoms with Crippen molar-refractivity contribution in [2.45, 2.75) is 11.3 Å². The van der Waals surface area contributed by atoms with Crippen LogP contribution in [-0.2, 0) is 0 Å². The standard InChI is InChI=1S/C4HClF4/c5-2-1(6)3(7)4(2,8)9/h2H. The van der Waals surface area contributed by atoms with Crippen LogP contribution >= 0.6 is 11.6 Å². The van der Waals surface area contributed by atoms with Crippen molar-refractivity contribution < 1.29 is 17.6 Å². The molecule has 1 aliphatic rings. The third-order valence-electron chi connectivity index (χ3n) is 1.04. The molecule has 0 nitrogen and oxygen atoms in total. The van der Waals surface area contributed by atoms with E-state index >= 15 is 0 Å². The molecule has 5 heteroatoms. The van der Waals surface area contributed by atoms with E-state index < -0.39 is 23.0 Å². The van der Waals surface area contributed by atoms with Gasteiger partial charge in [0.05, 0.1) is 0 Å². The predicted octanol–water partition coefficient (Wildman–Crippen LogP) is 2.39. The van der Waals surface area contributed by atoms with Gasteiger partial charge in [-0.15, -0.1) is 11.6 Å². The number of rotatable bonds is 0. The van der Waals surface area contributed by atoms with E-state index in [0.717, 1.165) is 0 Å². The van der Waals surface area contributed by atoms with Gasteiger partial charge in [-0.05, 0) is 0 Å². The molecule has 0 N–H and O–H groups in total. The lowest BCUT2D eigenvalue weighted by Gasteiger charge is -2.27. The molecule has 1 atom stereocenters. The first kappa shape index (κ1) is 6.86. The Morgan fingerprint density at radius 1 is 1.33 bits per heavy atom. The van der Waals surface area contributed by atoms with Gasteiger partial charge < -0.3 is 0 Å². The molecule has 0 bridgehead atoms. The Hall–Kier alpha value is -0.250. The van der Waals surface area contributed by atoms with E-state index in [1.54, 1.807) is 0 Å². The van der Waals surface area contributed by atoms with Crippen LogP contribution in [0.15, 0.2) is 11.7 Å². The zero-order chi connectivity index (χ0) is 7.23. The lowest BCUT2D eigenvalue weighted by atomic mass is 10.0. The predicted molar refractivity (Wildman–Crippen MR) is 23.8 cm³/mol. The molecule has 0 radical (unpaired) electrons. The zero-order valence-corrected chi connectivity index (χ0v) is 4.72. The van der Waals surface area contributed by atoms with Crippen LogP contribution in [0.2, 0.25) is 0 Å². The van der Waals surface area contributed by atoms with Crippen LogP contribution < -0.4 is 0 Å². The minimum absolute atomic E-state index is 1.55. The van der Waals surface area contributed by atoms with Crippen LogP contribution in [-0.4, -0.2) is 11.3 Å². The van der Waals surface area contributed by atoms with Crippen LogP contribution in [0.5, 0.6) is 0 Å². The van der Waals surface area contributed by atoms with Gasteiger partial charge in [-0.2, -0.15) is 8.78 Å². The average molecular weight is 160 g/mol. The van der Waals surface area contributed by atoms with Gasteiger partial charge >= 0.3 is 5.92 Å². The highest BCUT2D eigenvalue weighted by Gasteiger charge is 2.58. The summed E-state index contributed by atoms with van der Waals surface area (Å²) in [6.07, 6.45) is 0. The molecule has 9 heavy (non-hydrogen) atoms. The Kier molecular flexibility index (Phi) is 1.24. The van der Waals surface area contributed by atoms with E-state index in [4.69, 9.17) is 0 Å². The van der Waals surface area contributed by atoms with Gasteiger partial charge in [-0.25, -0.2) is 8.78 Å². The molecule has 0 aromatic carbocycles. The van der Waals surface area contributed by atoms with Crippen LogP contribution in [0.4, 0.5) is 17.6 Å². The van der Waals surface area contributed by atoms with Crippen molar-refractivity contribution in [3.8, 4) is 0 Å². The Morgan fingerprint density at radius 3 is 1.89 bits per heavy atom. The van der Waals surface area contributed by atoms with Gasteiger partial charge in [0.25, 0.3) is 0 Å². The molecule has 0 saturated carbocycles. The highest BCUT2D eigenvalue weighted by molar-refractivity contribution is 6.24. The summed E-state index contributed by atoms with van der Waals surface area (Å²) >= 11 is 4.66. The molecule has 0 aromatic heterocycles. The lowest BCUT2D eigenvalue weighted by molar-refractivity contribution is -0.0170. The van der Waals surface area contributed by atoms with Crippen molar-refractivity contribution >= 4 is 11.6 Å². The van der Waals surface area contributed by atoms with Crippen LogP contribution in [0.1, 0.15) is 0 Å². The van der Waals surface area contributed by atoms with Crippen molar-refractivity contribution in [3.05, 3.63) is 11.7 Å².